The molecule has 0 saturated carbocycles. The predicted octanol–water partition coefficient (Wildman–Crippen LogP) is 2.66. The Labute approximate surface area is 112 Å². The minimum atomic E-state index is -0.150. The van der Waals surface area contributed by atoms with Crippen molar-refractivity contribution in [2.45, 2.75) is 59.9 Å². The molecule has 1 rings (SSSR count). The highest BCUT2D eigenvalue weighted by Crippen LogP contribution is 2.35. The van der Waals surface area contributed by atoms with Crippen LogP contribution in [0.1, 0.15) is 53.9 Å². The monoisotopic (exact) mass is 254 g/mol. The molecule has 0 aromatic carbocycles. The number of carbonyl (C=O) groups is 1. The third kappa shape index (κ3) is 3.05. The molecule has 1 aliphatic rings. The van der Waals surface area contributed by atoms with Crippen molar-refractivity contribution in [2.24, 2.45) is 10.8 Å². The number of nitrogens with one attached hydrogen (secondary N) is 1. The minimum Gasteiger partial charge on any atom is -0.342 e. The maximum atomic E-state index is 12.8. The fraction of sp³-hybridized carbons (Fsp3) is 0.933. The van der Waals surface area contributed by atoms with Crippen LogP contribution in [0.3, 0.4) is 0 Å². The van der Waals surface area contributed by atoms with E-state index in [4.69, 9.17) is 0 Å². The summed E-state index contributed by atoms with van der Waals surface area (Å²) in [7, 11) is 1.97. The molecule has 0 spiro atoms. The number of nitrogens with zero attached hydrogens (tertiary/aromatic N) is 1. The van der Waals surface area contributed by atoms with Crippen LogP contribution in [-0.2, 0) is 4.79 Å². The van der Waals surface area contributed by atoms with Gasteiger partial charge in [-0.2, -0.15) is 0 Å². The Balaban J connectivity index is 2.84. The molecule has 0 aliphatic carbocycles. The van der Waals surface area contributed by atoms with Gasteiger partial charge < -0.3 is 10.2 Å². The number of rotatable bonds is 4. The quantitative estimate of drug-likeness (QED) is 0.836. The molecule has 1 heterocycles. The molecule has 1 amide bonds. The van der Waals surface area contributed by atoms with E-state index in [1.807, 2.05) is 11.9 Å². The second-order valence-electron chi connectivity index (χ2n) is 6.92. The number of carbonyl (C=O) groups excluding carboxylic acids is 1. The highest BCUT2D eigenvalue weighted by Gasteiger charge is 2.43. The molecular formula is C15H30N2O. The number of amides is 1. The van der Waals surface area contributed by atoms with Crippen LogP contribution in [0.5, 0.6) is 0 Å². The highest BCUT2D eigenvalue weighted by molar-refractivity contribution is 5.83. The van der Waals surface area contributed by atoms with Gasteiger partial charge in [-0.15, -0.1) is 0 Å². The smallest absolute Gasteiger partial charge is 0.230 e. The first kappa shape index (κ1) is 15.5. The van der Waals surface area contributed by atoms with Crippen molar-refractivity contribution < 1.29 is 4.79 Å². The van der Waals surface area contributed by atoms with E-state index >= 15 is 0 Å². The van der Waals surface area contributed by atoms with Gasteiger partial charge in [-0.3, -0.25) is 4.79 Å². The summed E-state index contributed by atoms with van der Waals surface area (Å²) >= 11 is 0. The predicted molar refractivity (Wildman–Crippen MR) is 76.5 cm³/mol. The summed E-state index contributed by atoms with van der Waals surface area (Å²) in [5.41, 5.74) is -0.0210. The second kappa shape index (κ2) is 5.60. The molecule has 1 aliphatic heterocycles. The van der Waals surface area contributed by atoms with Crippen molar-refractivity contribution in [3.63, 3.8) is 0 Å². The summed E-state index contributed by atoms with van der Waals surface area (Å²) in [5.74, 6) is 0.330. The molecule has 3 nitrogen and oxygen atoms in total. The van der Waals surface area contributed by atoms with Gasteiger partial charge in [-0.25, -0.2) is 0 Å². The maximum Gasteiger partial charge on any atom is 0.230 e. The van der Waals surface area contributed by atoms with Gasteiger partial charge in [0.05, 0.1) is 5.41 Å². The van der Waals surface area contributed by atoms with E-state index in [2.05, 4.69) is 39.9 Å². The van der Waals surface area contributed by atoms with Crippen LogP contribution in [0.15, 0.2) is 0 Å². The Bertz CT molecular complexity index is 287. The van der Waals surface area contributed by atoms with E-state index in [9.17, 15) is 4.79 Å². The zero-order valence-corrected chi connectivity index (χ0v) is 13.0. The zero-order valence-electron chi connectivity index (χ0n) is 13.0. The van der Waals surface area contributed by atoms with Gasteiger partial charge in [-0.1, -0.05) is 34.1 Å². The standard InChI is InChI=1S/C15H30N2O/c1-7-8-15(9-10-16-11-15)13(18)17(6)12(2)14(3,4)5/h12,16H,7-11H2,1-6H3. The summed E-state index contributed by atoms with van der Waals surface area (Å²) < 4.78 is 0. The van der Waals surface area contributed by atoms with Crippen molar-refractivity contribution in [1.29, 1.82) is 0 Å². The Hall–Kier alpha value is -0.570. The molecule has 2 atom stereocenters. The lowest BCUT2D eigenvalue weighted by molar-refractivity contribution is -0.144. The molecule has 3 heteroatoms. The van der Waals surface area contributed by atoms with E-state index in [0.717, 1.165) is 32.4 Å². The molecule has 1 N–H and O–H groups in total. The van der Waals surface area contributed by atoms with Crippen LogP contribution in [0.2, 0.25) is 0 Å². The number of hydrogen-bond donors (Lipinski definition) is 1. The van der Waals surface area contributed by atoms with Crippen molar-refractivity contribution in [3.05, 3.63) is 0 Å². The average Bonchev–Trinajstić information content (AvgIpc) is 2.75. The normalized spacial score (nSPS) is 26.1. The van der Waals surface area contributed by atoms with Gasteiger partial charge in [-0.05, 0) is 31.7 Å². The van der Waals surface area contributed by atoms with Crippen LogP contribution < -0.4 is 5.32 Å². The molecule has 18 heavy (non-hydrogen) atoms. The second-order valence-corrected chi connectivity index (χ2v) is 6.92. The summed E-state index contributed by atoms with van der Waals surface area (Å²) in [4.78, 5) is 14.8. The molecule has 0 aromatic heterocycles. The van der Waals surface area contributed by atoms with E-state index < -0.39 is 0 Å². The summed E-state index contributed by atoms with van der Waals surface area (Å²) in [6.45, 7) is 12.7. The maximum absolute atomic E-state index is 12.8. The summed E-state index contributed by atoms with van der Waals surface area (Å²) in [6.07, 6.45) is 3.06. The van der Waals surface area contributed by atoms with E-state index in [0.29, 0.717) is 5.91 Å². The highest BCUT2D eigenvalue weighted by atomic mass is 16.2. The van der Waals surface area contributed by atoms with Crippen LogP contribution in [0.25, 0.3) is 0 Å². The van der Waals surface area contributed by atoms with E-state index in [1.54, 1.807) is 0 Å². The molecule has 2 unspecified atom stereocenters. The molecule has 0 bridgehead atoms. The molecule has 0 aromatic rings. The fourth-order valence-electron chi connectivity index (χ4n) is 2.86. The van der Waals surface area contributed by atoms with Crippen molar-refractivity contribution in [2.75, 3.05) is 20.1 Å². The van der Waals surface area contributed by atoms with Gasteiger partial charge in [0.2, 0.25) is 5.91 Å². The third-order valence-electron chi connectivity index (χ3n) is 4.58. The van der Waals surface area contributed by atoms with Gasteiger partial charge in [0, 0.05) is 19.6 Å². The third-order valence-corrected chi connectivity index (χ3v) is 4.58. The van der Waals surface area contributed by atoms with Crippen LogP contribution in [-0.4, -0.2) is 37.0 Å². The SMILES string of the molecule is CCCC1(C(=O)N(C)C(C)C(C)(C)C)CCNC1. The van der Waals surface area contributed by atoms with Crippen LogP contribution in [0, 0.1) is 10.8 Å². The Morgan fingerprint density at radius 2 is 2.06 bits per heavy atom. The van der Waals surface area contributed by atoms with Gasteiger partial charge in [0.1, 0.15) is 0 Å². The van der Waals surface area contributed by atoms with Crippen molar-refractivity contribution >= 4 is 5.91 Å². The molecule has 1 saturated heterocycles. The lowest BCUT2D eigenvalue weighted by Crippen LogP contribution is -2.50. The van der Waals surface area contributed by atoms with Crippen LogP contribution in [0.4, 0.5) is 0 Å². The van der Waals surface area contributed by atoms with Crippen molar-refractivity contribution in [1.82, 2.24) is 10.2 Å². The Morgan fingerprint density at radius 1 is 1.44 bits per heavy atom. The van der Waals surface area contributed by atoms with E-state index in [1.165, 1.54) is 0 Å². The first-order valence-corrected chi connectivity index (χ1v) is 7.22. The van der Waals surface area contributed by atoms with Crippen LogP contribution >= 0.6 is 0 Å². The fourth-order valence-corrected chi connectivity index (χ4v) is 2.86. The first-order chi connectivity index (χ1) is 8.24. The Morgan fingerprint density at radius 3 is 2.44 bits per heavy atom. The largest absolute Gasteiger partial charge is 0.342 e. The summed E-state index contributed by atoms with van der Waals surface area (Å²) in [6, 6.07) is 0.263. The first-order valence-electron chi connectivity index (χ1n) is 7.22. The summed E-state index contributed by atoms with van der Waals surface area (Å²) in [5, 5.41) is 3.36. The molecule has 1 fully saturated rings. The topological polar surface area (TPSA) is 32.3 Å². The average molecular weight is 254 g/mol. The zero-order chi connectivity index (χ0) is 14.0. The van der Waals surface area contributed by atoms with Gasteiger partial charge in [0.15, 0.2) is 0 Å². The molecule has 0 radical (unpaired) electrons. The van der Waals surface area contributed by atoms with Crippen molar-refractivity contribution in [3.8, 4) is 0 Å². The minimum absolute atomic E-state index is 0.129. The number of hydrogen-bond acceptors (Lipinski definition) is 2. The molecular weight excluding hydrogens is 224 g/mol. The van der Waals surface area contributed by atoms with Gasteiger partial charge >= 0.3 is 0 Å². The Kier molecular flexibility index (Phi) is 4.82. The lowest BCUT2D eigenvalue weighted by Gasteiger charge is -2.40. The van der Waals surface area contributed by atoms with E-state index in [-0.39, 0.29) is 16.9 Å². The molecule has 106 valence electrons. The lowest BCUT2D eigenvalue weighted by atomic mass is 9.79. The van der Waals surface area contributed by atoms with Gasteiger partial charge in [0.25, 0.3) is 0 Å².